The van der Waals surface area contributed by atoms with E-state index in [-0.39, 0.29) is 5.82 Å². The van der Waals surface area contributed by atoms with Gasteiger partial charge in [-0.25, -0.2) is 4.39 Å². The SMILES string of the molecule is Nc1ccc(F)cc1CS. The fourth-order valence-corrected chi connectivity index (χ4v) is 0.985. The summed E-state index contributed by atoms with van der Waals surface area (Å²) in [7, 11) is 0. The first kappa shape index (κ1) is 7.41. The van der Waals surface area contributed by atoms with Crippen molar-refractivity contribution in [1.82, 2.24) is 0 Å². The van der Waals surface area contributed by atoms with E-state index >= 15 is 0 Å². The number of anilines is 1. The van der Waals surface area contributed by atoms with Crippen LogP contribution in [-0.4, -0.2) is 0 Å². The first-order chi connectivity index (χ1) is 4.74. The summed E-state index contributed by atoms with van der Waals surface area (Å²) < 4.78 is 12.4. The van der Waals surface area contributed by atoms with Gasteiger partial charge >= 0.3 is 0 Å². The zero-order valence-electron chi connectivity index (χ0n) is 5.34. The molecule has 54 valence electrons. The van der Waals surface area contributed by atoms with Gasteiger partial charge < -0.3 is 5.73 Å². The molecule has 0 fully saturated rings. The third kappa shape index (κ3) is 1.42. The minimum Gasteiger partial charge on any atom is -0.398 e. The maximum atomic E-state index is 12.4. The molecular formula is C7H8FNS. The number of thiol groups is 1. The zero-order valence-corrected chi connectivity index (χ0v) is 6.24. The van der Waals surface area contributed by atoms with Crippen molar-refractivity contribution in [3.8, 4) is 0 Å². The summed E-state index contributed by atoms with van der Waals surface area (Å²) in [6, 6.07) is 4.27. The van der Waals surface area contributed by atoms with Gasteiger partial charge in [-0.1, -0.05) is 0 Å². The molecule has 0 heterocycles. The Morgan fingerprint density at radius 2 is 2.20 bits per heavy atom. The van der Waals surface area contributed by atoms with Gasteiger partial charge in [-0.05, 0) is 23.8 Å². The van der Waals surface area contributed by atoms with Gasteiger partial charge in [0.2, 0.25) is 0 Å². The van der Waals surface area contributed by atoms with Crippen molar-refractivity contribution < 1.29 is 4.39 Å². The molecule has 0 aliphatic carbocycles. The van der Waals surface area contributed by atoms with Gasteiger partial charge in [-0.3, -0.25) is 0 Å². The molecule has 0 spiro atoms. The van der Waals surface area contributed by atoms with Gasteiger partial charge in [0, 0.05) is 11.4 Å². The molecule has 1 aromatic carbocycles. The van der Waals surface area contributed by atoms with Crippen LogP contribution >= 0.6 is 12.6 Å². The van der Waals surface area contributed by atoms with E-state index in [2.05, 4.69) is 12.6 Å². The van der Waals surface area contributed by atoms with Crippen molar-refractivity contribution in [1.29, 1.82) is 0 Å². The Bertz CT molecular complexity index is 237. The zero-order chi connectivity index (χ0) is 7.56. The number of hydrogen-bond acceptors (Lipinski definition) is 2. The van der Waals surface area contributed by atoms with Gasteiger partial charge in [-0.15, -0.1) is 0 Å². The van der Waals surface area contributed by atoms with E-state index in [9.17, 15) is 4.39 Å². The van der Waals surface area contributed by atoms with Gasteiger partial charge in [0.25, 0.3) is 0 Å². The van der Waals surface area contributed by atoms with Crippen LogP contribution in [0.4, 0.5) is 10.1 Å². The average molecular weight is 157 g/mol. The molecule has 0 aliphatic rings. The molecule has 0 radical (unpaired) electrons. The van der Waals surface area contributed by atoms with Crippen LogP contribution in [0.15, 0.2) is 18.2 Å². The standard InChI is InChI=1S/C7H8FNS/c8-6-1-2-7(9)5(3-6)4-10/h1-3,10H,4,9H2. The highest BCUT2D eigenvalue weighted by Crippen LogP contribution is 2.14. The summed E-state index contributed by atoms with van der Waals surface area (Å²) in [5.41, 5.74) is 6.82. The molecule has 0 unspecified atom stereocenters. The topological polar surface area (TPSA) is 26.0 Å². The van der Waals surface area contributed by atoms with Crippen LogP contribution in [0.3, 0.4) is 0 Å². The van der Waals surface area contributed by atoms with Gasteiger partial charge in [0.05, 0.1) is 0 Å². The van der Waals surface area contributed by atoms with Crippen LogP contribution in [0.25, 0.3) is 0 Å². The van der Waals surface area contributed by atoms with Crippen LogP contribution in [-0.2, 0) is 5.75 Å². The number of nitrogen functional groups attached to an aromatic ring is 1. The molecule has 1 nitrogen and oxygen atoms in total. The van der Waals surface area contributed by atoms with Gasteiger partial charge in [0.15, 0.2) is 0 Å². The van der Waals surface area contributed by atoms with E-state index in [0.717, 1.165) is 5.56 Å². The lowest BCUT2D eigenvalue weighted by molar-refractivity contribution is 0.627. The van der Waals surface area contributed by atoms with Crippen LogP contribution in [0.2, 0.25) is 0 Å². The van der Waals surface area contributed by atoms with Crippen molar-refractivity contribution in [3.63, 3.8) is 0 Å². The molecule has 0 amide bonds. The predicted octanol–water partition coefficient (Wildman–Crippen LogP) is 1.84. The molecule has 3 heteroatoms. The van der Waals surface area contributed by atoms with Crippen molar-refractivity contribution >= 4 is 18.3 Å². The van der Waals surface area contributed by atoms with Crippen LogP contribution in [0.1, 0.15) is 5.56 Å². The van der Waals surface area contributed by atoms with Crippen molar-refractivity contribution in [3.05, 3.63) is 29.6 Å². The monoisotopic (exact) mass is 157 g/mol. The Balaban J connectivity index is 3.09. The molecule has 1 aromatic rings. The highest BCUT2D eigenvalue weighted by Gasteiger charge is 1.96. The second-order valence-electron chi connectivity index (χ2n) is 2.00. The lowest BCUT2D eigenvalue weighted by Crippen LogP contribution is -1.91. The summed E-state index contributed by atoms with van der Waals surface area (Å²) in [6.07, 6.45) is 0. The summed E-state index contributed by atoms with van der Waals surface area (Å²) in [5, 5.41) is 0. The minimum atomic E-state index is -0.266. The first-order valence-electron chi connectivity index (χ1n) is 2.89. The molecule has 0 saturated heterocycles. The molecule has 0 saturated carbocycles. The summed E-state index contributed by atoms with van der Waals surface area (Å²) in [5.74, 6) is 0.210. The van der Waals surface area contributed by atoms with E-state index in [1.165, 1.54) is 12.1 Å². The average Bonchev–Trinajstić information content (AvgIpc) is 1.94. The number of benzene rings is 1. The molecule has 0 bridgehead atoms. The largest absolute Gasteiger partial charge is 0.398 e. The normalized spacial score (nSPS) is 9.80. The Morgan fingerprint density at radius 1 is 1.50 bits per heavy atom. The minimum absolute atomic E-state index is 0.266. The van der Waals surface area contributed by atoms with E-state index in [4.69, 9.17) is 5.73 Å². The molecule has 1 rings (SSSR count). The Hall–Kier alpha value is -0.700. The second-order valence-corrected chi connectivity index (χ2v) is 2.32. The van der Waals surface area contributed by atoms with Gasteiger partial charge in [0.1, 0.15) is 5.82 Å². The highest BCUT2D eigenvalue weighted by molar-refractivity contribution is 7.79. The van der Waals surface area contributed by atoms with Crippen LogP contribution in [0, 0.1) is 5.82 Å². The fourth-order valence-electron chi connectivity index (χ4n) is 0.711. The Labute approximate surface area is 64.5 Å². The maximum absolute atomic E-state index is 12.4. The smallest absolute Gasteiger partial charge is 0.123 e. The molecule has 0 aromatic heterocycles. The number of nitrogens with two attached hydrogens (primary N) is 1. The first-order valence-corrected chi connectivity index (χ1v) is 3.52. The van der Waals surface area contributed by atoms with Crippen molar-refractivity contribution in [2.24, 2.45) is 0 Å². The lowest BCUT2D eigenvalue weighted by atomic mass is 10.2. The number of halogens is 1. The van der Waals surface area contributed by atoms with Crippen molar-refractivity contribution in [2.45, 2.75) is 5.75 Å². The Morgan fingerprint density at radius 3 is 2.70 bits per heavy atom. The molecule has 2 N–H and O–H groups in total. The van der Waals surface area contributed by atoms with E-state index in [1.54, 1.807) is 6.07 Å². The third-order valence-electron chi connectivity index (χ3n) is 1.28. The predicted molar refractivity (Wildman–Crippen MR) is 43.5 cm³/mol. The molecule has 0 atom stereocenters. The molecule has 0 aliphatic heterocycles. The van der Waals surface area contributed by atoms with Gasteiger partial charge in [-0.2, -0.15) is 12.6 Å². The van der Waals surface area contributed by atoms with Crippen LogP contribution < -0.4 is 5.73 Å². The maximum Gasteiger partial charge on any atom is 0.123 e. The molecular weight excluding hydrogens is 149 g/mol. The van der Waals surface area contributed by atoms with E-state index in [1.807, 2.05) is 0 Å². The lowest BCUT2D eigenvalue weighted by Gasteiger charge is -1.99. The number of rotatable bonds is 1. The summed E-state index contributed by atoms with van der Waals surface area (Å²) in [6.45, 7) is 0. The quantitative estimate of drug-likeness (QED) is 0.472. The number of hydrogen-bond donors (Lipinski definition) is 2. The van der Waals surface area contributed by atoms with Crippen molar-refractivity contribution in [2.75, 3.05) is 5.73 Å². The summed E-state index contributed by atoms with van der Waals surface area (Å²) in [4.78, 5) is 0. The van der Waals surface area contributed by atoms with E-state index < -0.39 is 0 Å². The second kappa shape index (κ2) is 2.92. The van der Waals surface area contributed by atoms with E-state index in [0.29, 0.717) is 11.4 Å². The van der Waals surface area contributed by atoms with Crippen LogP contribution in [0.5, 0.6) is 0 Å². The summed E-state index contributed by atoms with van der Waals surface area (Å²) >= 11 is 3.98. The molecule has 10 heavy (non-hydrogen) atoms. The third-order valence-corrected chi connectivity index (χ3v) is 1.62. The highest BCUT2D eigenvalue weighted by atomic mass is 32.1. The fraction of sp³-hybridized carbons (Fsp3) is 0.143. The Kier molecular flexibility index (Phi) is 2.17.